The van der Waals surface area contributed by atoms with Crippen molar-refractivity contribution in [3.63, 3.8) is 0 Å². The van der Waals surface area contributed by atoms with Gasteiger partial charge in [0.05, 0.1) is 12.1 Å². The molecule has 0 spiro atoms. The molecular formula is C12H13ClN2O2S. The van der Waals surface area contributed by atoms with Crippen LogP contribution in [0.3, 0.4) is 0 Å². The van der Waals surface area contributed by atoms with Gasteiger partial charge in [0.2, 0.25) is 0 Å². The lowest BCUT2D eigenvalue weighted by molar-refractivity contribution is -0.694. The van der Waals surface area contributed by atoms with Crippen LogP contribution in [-0.2, 0) is 17.8 Å². The Labute approximate surface area is 115 Å². The summed E-state index contributed by atoms with van der Waals surface area (Å²) in [6, 6.07) is 5.99. The van der Waals surface area contributed by atoms with Crippen molar-refractivity contribution >= 4 is 17.3 Å². The quantitative estimate of drug-likeness (QED) is 0.690. The summed E-state index contributed by atoms with van der Waals surface area (Å²) in [5.41, 5.74) is 1.79. The zero-order valence-electron chi connectivity index (χ0n) is 9.84. The summed E-state index contributed by atoms with van der Waals surface area (Å²) >= 11 is 1.50. The Hall–Kier alpha value is -1.46. The number of hydrogen-bond donors (Lipinski definition) is 1. The summed E-state index contributed by atoms with van der Waals surface area (Å²) in [6.07, 6.45) is 1.99. The van der Waals surface area contributed by atoms with Gasteiger partial charge < -0.3 is 17.5 Å². The number of carbonyl (C=O) groups is 1. The van der Waals surface area contributed by atoms with Gasteiger partial charge in [-0.1, -0.05) is 6.07 Å². The lowest BCUT2D eigenvalue weighted by Crippen LogP contribution is -3.00. The molecule has 2 aromatic rings. The highest BCUT2D eigenvalue weighted by Gasteiger charge is 2.11. The molecule has 0 amide bonds. The molecule has 0 aliphatic carbocycles. The summed E-state index contributed by atoms with van der Waals surface area (Å²) in [6.45, 7) is 2.72. The average Bonchev–Trinajstić information content (AvgIpc) is 2.68. The van der Waals surface area contributed by atoms with Crippen LogP contribution in [0.2, 0.25) is 0 Å². The van der Waals surface area contributed by atoms with Crippen molar-refractivity contribution in [3.05, 3.63) is 46.2 Å². The molecule has 0 radical (unpaired) electrons. The van der Waals surface area contributed by atoms with Gasteiger partial charge in [0.15, 0.2) is 23.4 Å². The molecule has 0 saturated heterocycles. The second-order valence-electron chi connectivity index (χ2n) is 3.77. The van der Waals surface area contributed by atoms with Gasteiger partial charge in [-0.3, -0.25) is 4.79 Å². The van der Waals surface area contributed by atoms with Crippen LogP contribution in [-0.4, -0.2) is 16.1 Å². The molecule has 0 aromatic carbocycles. The highest BCUT2D eigenvalue weighted by atomic mass is 35.5. The van der Waals surface area contributed by atoms with E-state index in [1.54, 1.807) is 0 Å². The zero-order chi connectivity index (χ0) is 12.3. The Bertz CT molecular complexity index is 542. The lowest BCUT2D eigenvalue weighted by atomic mass is 10.3. The Balaban J connectivity index is 0.00000162. The van der Waals surface area contributed by atoms with E-state index in [4.69, 9.17) is 5.11 Å². The predicted molar refractivity (Wildman–Crippen MR) is 63.9 cm³/mol. The molecule has 0 fully saturated rings. The van der Waals surface area contributed by atoms with Crippen molar-refractivity contribution in [2.45, 2.75) is 19.9 Å². The van der Waals surface area contributed by atoms with E-state index in [1.165, 1.54) is 11.3 Å². The highest BCUT2D eigenvalue weighted by Crippen LogP contribution is 2.10. The second-order valence-corrected chi connectivity index (χ2v) is 4.72. The van der Waals surface area contributed by atoms with Crippen molar-refractivity contribution < 1.29 is 26.9 Å². The molecular weight excluding hydrogens is 272 g/mol. The number of nitrogens with zero attached hydrogens (tertiary/aromatic N) is 2. The molecule has 2 rings (SSSR count). The Morgan fingerprint density at radius 2 is 2.28 bits per heavy atom. The van der Waals surface area contributed by atoms with Gasteiger partial charge in [0, 0.05) is 24.4 Å². The number of hydrogen-bond acceptors (Lipinski definition) is 3. The molecule has 2 aromatic heterocycles. The number of pyridine rings is 1. The Kier molecular flexibility index (Phi) is 5.25. The normalized spacial score (nSPS) is 9.83. The summed E-state index contributed by atoms with van der Waals surface area (Å²) in [5.74, 6) is -0.842. The fourth-order valence-electron chi connectivity index (χ4n) is 1.54. The largest absolute Gasteiger partial charge is 1.00 e. The third kappa shape index (κ3) is 3.78. The Morgan fingerprint density at radius 3 is 2.94 bits per heavy atom. The van der Waals surface area contributed by atoms with E-state index >= 15 is 0 Å². The van der Waals surface area contributed by atoms with Crippen LogP contribution in [0.4, 0.5) is 0 Å². The van der Waals surface area contributed by atoms with Crippen LogP contribution >= 0.6 is 11.3 Å². The molecule has 0 unspecified atom stereocenters. The second kappa shape index (κ2) is 6.47. The molecule has 0 aliphatic heterocycles. The molecule has 0 aliphatic rings. The summed E-state index contributed by atoms with van der Waals surface area (Å²) in [4.78, 5) is 14.9. The smallest absolute Gasteiger partial charge is 0.309 e. The first-order chi connectivity index (χ1) is 8.15. The standard InChI is InChI=1S/C12H12N2O2S.ClH/c1-9-4-2-3-5-14(9)7-11-13-10(8-17-11)6-12(15)16;/h2-5,8H,6-7H2,1H3;1H. The van der Waals surface area contributed by atoms with Gasteiger partial charge in [0.25, 0.3) is 0 Å². The minimum absolute atomic E-state index is 0. The topological polar surface area (TPSA) is 54.1 Å². The molecule has 96 valence electrons. The fourth-order valence-corrected chi connectivity index (χ4v) is 2.33. The number of thiazole rings is 1. The predicted octanol–water partition coefficient (Wildman–Crippen LogP) is -1.58. The number of carboxylic acids is 1. The molecule has 0 saturated carbocycles. The van der Waals surface area contributed by atoms with Gasteiger partial charge in [0.1, 0.15) is 0 Å². The fraction of sp³-hybridized carbons (Fsp3) is 0.250. The van der Waals surface area contributed by atoms with E-state index < -0.39 is 5.97 Å². The third-order valence-electron chi connectivity index (χ3n) is 2.40. The molecule has 1 N–H and O–H groups in total. The van der Waals surface area contributed by atoms with E-state index in [-0.39, 0.29) is 18.8 Å². The molecule has 0 bridgehead atoms. The molecule has 2 heterocycles. The molecule has 0 atom stereocenters. The summed E-state index contributed by atoms with van der Waals surface area (Å²) in [5, 5.41) is 11.4. The maximum atomic E-state index is 10.5. The summed E-state index contributed by atoms with van der Waals surface area (Å²) < 4.78 is 2.09. The van der Waals surface area contributed by atoms with Gasteiger partial charge in [-0.05, 0) is 0 Å². The first-order valence-corrected chi connectivity index (χ1v) is 6.13. The molecule has 18 heavy (non-hydrogen) atoms. The van der Waals surface area contributed by atoms with Crippen molar-refractivity contribution in [1.29, 1.82) is 0 Å². The van der Waals surface area contributed by atoms with E-state index in [1.807, 2.05) is 36.7 Å². The van der Waals surface area contributed by atoms with Crippen LogP contribution in [0, 0.1) is 6.92 Å². The van der Waals surface area contributed by atoms with Crippen molar-refractivity contribution in [3.8, 4) is 0 Å². The highest BCUT2D eigenvalue weighted by molar-refractivity contribution is 7.09. The molecule has 6 heteroatoms. The number of aromatic nitrogens is 2. The first kappa shape index (κ1) is 14.6. The van der Waals surface area contributed by atoms with Gasteiger partial charge >= 0.3 is 5.97 Å². The van der Waals surface area contributed by atoms with Crippen molar-refractivity contribution in [2.24, 2.45) is 0 Å². The van der Waals surface area contributed by atoms with Crippen LogP contribution in [0.15, 0.2) is 29.8 Å². The lowest BCUT2D eigenvalue weighted by Gasteiger charge is -1.96. The minimum Gasteiger partial charge on any atom is -1.00 e. The van der Waals surface area contributed by atoms with Crippen LogP contribution in [0.1, 0.15) is 16.4 Å². The van der Waals surface area contributed by atoms with Crippen molar-refractivity contribution in [1.82, 2.24) is 4.98 Å². The summed E-state index contributed by atoms with van der Waals surface area (Å²) in [7, 11) is 0. The third-order valence-corrected chi connectivity index (χ3v) is 3.29. The van der Waals surface area contributed by atoms with E-state index in [0.29, 0.717) is 12.2 Å². The average molecular weight is 285 g/mol. The molecule has 4 nitrogen and oxygen atoms in total. The maximum absolute atomic E-state index is 10.5. The number of halogens is 1. The van der Waals surface area contributed by atoms with E-state index in [9.17, 15) is 4.79 Å². The van der Waals surface area contributed by atoms with E-state index in [0.717, 1.165) is 10.7 Å². The maximum Gasteiger partial charge on any atom is 0.309 e. The Morgan fingerprint density at radius 1 is 1.50 bits per heavy atom. The number of aliphatic carboxylic acids is 1. The van der Waals surface area contributed by atoms with Gasteiger partial charge in [-0.2, -0.15) is 4.57 Å². The van der Waals surface area contributed by atoms with Crippen LogP contribution in [0.25, 0.3) is 0 Å². The van der Waals surface area contributed by atoms with Crippen LogP contribution < -0.4 is 17.0 Å². The van der Waals surface area contributed by atoms with Gasteiger partial charge in [-0.25, -0.2) is 4.98 Å². The van der Waals surface area contributed by atoms with E-state index in [2.05, 4.69) is 9.55 Å². The monoisotopic (exact) mass is 284 g/mol. The van der Waals surface area contributed by atoms with Crippen molar-refractivity contribution in [2.75, 3.05) is 0 Å². The number of aryl methyl sites for hydroxylation is 1. The number of carboxylic acid groups (broad SMARTS) is 1. The van der Waals surface area contributed by atoms with Crippen LogP contribution in [0.5, 0.6) is 0 Å². The first-order valence-electron chi connectivity index (χ1n) is 5.25. The SMILES string of the molecule is Cc1cccc[n+]1Cc1nc(CC(=O)O)cs1.[Cl-]. The zero-order valence-corrected chi connectivity index (χ0v) is 11.4. The minimum atomic E-state index is -0.842. The number of rotatable bonds is 4. The van der Waals surface area contributed by atoms with Gasteiger partial charge in [-0.15, -0.1) is 11.3 Å².